The van der Waals surface area contributed by atoms with Gasteiger partial charge in [0.15, 0.2) is 0 Å². The molecule has 0 heterocycles. The number of hydrogen-bond donors (Lipinski definition) is 2. The van der Waals surface area contributed by atoms with Gasteiger partial charge in [-0.3, -0.25) is 0 Å². The summed E-state index contributed by atoms with van der Waals surface area (Å²) in [6.45, 7) is 11.8. The quantitative estimate of drug-likeness (QED) is 0.571. The molecule has 0 bridgehead atoms. The van der Waals surface area contributed by atoms with E-state index in [9.17, 15) is 0 Å². The Balaban J connectivity index is -0.000000384. The molecule has 0 spiro atoms. The molecule has 0 saturated heterocycles. The molecule has 0 aliphatic carbocycles. The molecular formula is C20H28Cl2O4Zr. The molecule has 2 aromatic rings. The maximum absolute atomic E-state index is 9.13. The van der Waals surface area contributed by atoms with E-state index in [1.54, 1.807) is 36.4 Å². The summed E-state index contributed by atoms with van der Waals surface area (Å²) in [6.07, 6.45) is 0. The van der Waals surface area contributed by atoms with Crippen molar-refractivity contribution in [2.45, 2.75) is 52.7 Å². The predicted octanol–water partition coefficient (Wildman–Crippen LogP) is -0.855. The molecule has 27 heavy (non-hydrogen) atoms. The Bertz CT molecular complexity index is 595. The third-order valence-electron chi connectivity index (χ3n) is 2.48. The van der Waals surface area contributed by atoms with Crippen LogP contribution in [0.15, 0.2) is 48.5 Å². The van der Waals surface area contributed by atoms with Crippen molar-refractivity contribution in [3.8, 4) is 23.0 Å². The van der Waals surface area contributed by atoms with Crippen molar-refractivity contribution in [1.82, 2.24) is 0 Å². The number of benzene rings is 2. The predicted molar refractivity (Wildman–Crippen MR) is 97.0 cm³/mol. The molecule has 4 nitrogen and oxygen atoms in total. The van der Waals surface area contributed by atoms with Crippen LogP contribution >= 0.6 is 0 Å². The minimum atomic E-state index is -0.214. The van der Waals surface area contributed by atoms with Crippen LogP contribution in [0.3, 0.4) is 0 Å². The minimum Gasteiger partial charge on any atom is -1.00 e. The molecule has 0 amide bonds. The summed E-state index contributed by atoms with van der Waals surface area (Å²) in [6, 6.07) is 13.6. The van der Waals surface area contributed by atoms with Crippen LogP contribution in [0.4, 0.5) is 0 Å². The Morgan fingerprint density at radius 3 is 1.15 bits per heavy atom. The number of ether oxygens (including phenoxy) is 2. The van der Waals surface area contributed by atoms with Crippen LogP contribution < -0.4 is 34.3 Å². The first kappa shape index (κ1) is 30.8. The van der Waals surface area contributed by atoms with Gasteiger partial charge in [-0.1, -0.05) is 12.1 Å². The van der Waals surface area contributed by atoms with E-state index in [1.807, 2.05) is 53.7 Å². The van der Waals surface area contributed by atoms with E-state index in [1.165, 1.54) is 0 Å². The zero-order valence-electron chi connectivity index (χ0n) is 16.6. The molecule has 0 fully saturated rings. The summed E-state index contributed by atoms with van der Waals surface area (Å²) in [5, 5.41) is 18.3. The molecule has 0 aromatic heterocycles. The molecule has 7 heteroatoms. The van der Waals surface area contributed by atoms with Gasteiger partial charge < -0.3 is 44.5 Å². The van der Waals surface area contributed by atoms with Crippen molar-refractivity contribution >= 4 is 0 Å². The van der Waals surface area contributed by atoms with Gasteiger partial charge >= 0.3 is 26.2 Å². The molecule has 2 aromatic carbocycles. The fourth-order valence-electron chi connectivity index (χ4n) is 1.80. The fraction of sp³-hybridized carbons (Fsp3) is 0.400. The largest absolute Gasteiger partial charge is 2.00 e. The Morgan fingerprint density at radius 2 is 0.926 bits per heavy atom. The van der Waals surface area contributed by atoms with E-state index in [2.05, 4.69) is 0 Å². The van der Waals surface area contributed by atoms with Gasteiger partial charge in [-0.05, 0) is 65.8 Å². The molecule has 0 atom stereocenters. The van der Waals surface area contributed by atoms with Gasteiger partial charge in [0.05, 0.1) is 0 Å². The maximum atomic E-state index is 9.13. The average molecular weight is 495 g/mol. The average Bonchev–Trinajstić information content (AvgIpc) is 2.35. The van der Waals surface area contributed by atoms with Crippen LogP contribution in [0.25, 0.3) is 0 Å². The molecule has 0 radical (unpaired) electrons. The number of phenolic OH excluding ortho intramolecular Hbond substituents is 2. The Hall–Kier alpha value is -0.897. The second-order valence-electron chi connectivity index (χ2n) is 7.42. The smallest absolute Gasteiger partial charge is 1.00 e. The first-order valence-electron chi connectivity index (χ1n) is 7.91. The topological polar surface area (TPSA) is 58.9 Å². The van der Waals surface area contributed by atoms with Crippen molar-refractivity contribution in [2.75, 3.05) is 0 Å². The first-order chi connectivity index (χ1) is 10.9. The number of aromatic hydroxyl groups is 2. The monoisotopic (exact) mass is 492 g/mol. The van der Waals surface area contributed by atoms with Crippen LogP contribution in [0.5, 0.6) is 23.0 Å². The van der Waals surface area contributed by atoms with Crippen molar-refractivity contribution < 1.29 is 70.7 Å². The van der Waals surface area contributed by atoms with Gasteiger partial charge in [0, 0.05) is 12.1 Å². The minimum absolute atomic E-state index is 0. The van der Waals surface area contributed by atoms with Crippen LogP contribution in [0.1, 0.15) is 41.5 Å². The second kappa shape index (κ2) is 13.3. The number of phenols is 2. The van der Waals surface area contributed by atoms with E-state index in [0.29, 0.717) is 11.5 Å². The third-order valence-corrected chi connectivity index (χ3v) is 2.48. The van der Waals surface area contributed by atoms with E-state index in [4.69, 9.17) is 19.7 Å². The molecular weight excluding hydrogens is 466 g/mol. The molecule has 0 aliphatic heterocycles. The zero-order valence-corrected chi connectivity index (χ0v) is 20.6. The van der Waals surface area contributed by atoms with Crippen LogP contribution in [0, 0.1) is 0 Å². The molecule has 0 saturated carbocycles. The van der Waals surface area contributed by atoms with Crippen molar-refractivity contribution in [1.29, 1.82) is 0 Å². The molecule has 150 valence electrons. The second-order valence-corrected chi connectivity index (χ2v) is 7.42. The van der Waals surface area contributed by atoms with Gasteiger partial charge in [0.1, 0.15) is 34.2 Å². The molecule has 0 aliphatic rings. The van der Waals surface area contributed by atoms with E-state index in [-0.39, 0.29) is 73.7 Å². The van der Waals surface area contributed by atoms with E-state index in [0.717, 1.165) is 0 Å². The maximum Gasteiger partial charge on any atom is 2.00 e. The van der Waals surface area contributed by atoms with Crippen LogP contribution in [0.2, 0.25) is 0 Å². The normalized spacial score (nSPS) is 10.0. The SMILES string of the molecule is CC(C)(C)Oc1cccc(O)c1.CC(C)(C)Oc1cccc(O)c1.[Cl-].[Cl-].[Zr+2]. The summed E-state index contributed by atoms with van der Waals surface area (Å²) in [5.41, 5.74) is -0.429. The van der Waals surface area contributed by atoms with Gasteiger partial charge in [0.25, 0.3) is 0 Å². The Kier molecular flexibility index (Phi) is 15.2. The molecule has 2 N–H and O–H groups in total. The van der Waals surface area contributed by atoms with Crippen LogP contribution in [-0.4, -0.2) is 21.4 Å². The van der Waals surface area contributed by atoms with Gasteiger partial charge in [0.2, 0.25) is 0 Å². The summed E-state index contributed by atoms with van der Waals surface area (Å²) in [4.78, 5) is 0. The van der Waals surface area contributed by atoms with E-state index >= 15 is 0 Å². The number of halogens is 2. The summed E-state index contributed by atoms with van der Waals surface area (Å²) in [5.74, 6) is 1.86. The van der Waals surface area contributed by atoms with Gasteiger partial charge in [-0.25, -0.2) is 0 Å². The zero-order chi connectivity index (χ0) is 18.4. The third kappa shape index (κ3) is 15.8. The number of hydrogen-bond acceptors (Lipinski definition) is 4. The Morgan fingerprint density at radius 1 is 0.630 bits per heavy atom. The van der Waals surface area contributed by atoms with Crippen LogP contribution in [-0.2, 0) is 26.2 Å². The fourth-order valence-corrected chi connectivity index (χ4v) is 1.80. The van der Waals surface area contributed by atoms with E-state index < -0.39 is 0 Å². The van der Waals surface area contributed by atoms with Crippen molar-refractivity contribution in [3.63, 3.8) is 0 Å². The molecule has 0 unspecified atom stereocenters. The first-order valence-corrected chi connectivity index (χ1v) is 7.91. The summed E-state index contributed by atoms with van der Waals surface area (Å²) < 4.78 is 11.0. The number of rotatable bonds is 2. The summed E-state index contributed by atoms with van der Waals surface area (Å²) in [7, 11) is 0. The van der Waals surface area contributed by atoms with Gasteiger partial charge in [-0.15, -0.1) is 0 Å². The summed E-state index contributed by atoms with van der Waals surface area (Å²) >= 11 is 0. The van der Waals surface area contributed by atoms with Crippen molar-refractivity contribution in [3.05, 3.63) is 48.5 Å². The Labute approximate surface area is 194 Å². The standard InChI is InChI=1S/2C10H14O2.2ClH.Zr/c2*1-10(2,3)12-9-6-4-5-8(11)7-9;;;/h2*4-7,11H,1-3H3;2*1H;/q;;;;+2/p-2. The van der Waals surface area contributed by atoms with Crippen molar-refractivity contribution in [2.24, 2.45) is 0 Å². The van der Waals surface area contributed by atoms with Gasteiger partial charge in [-0.2, -0.15) is 0 Å². The molecule has 2 rings (SSSR count).